The molecule has 0 radical (unpaired) electrons. The Morgan fingerprint density at radius 1 is 0.861 bits per heavy atom. The van der Waals surface area contributed by atoms with Crippen LogP contribution in [-0.2, 0) is 16.1 Å². The summed E-state index contributed by atoms with van der Waals surface area (Å²) < 4.78 is 16.4. The van der Waals surface area contributed by atoms with Crippen LogP contribution in [0.15, 0.2) is 78.4 Å². The molecule has 3 aromatic carbocycles. The van der Waals surface area contributed by atoms with Gasteiger partial charge in [0.2, 0.25) is 0 Å². The predicted octanol–water partition coefficient (Wildman–Crippen LogP) is 5.11. The molecule has 0 aromatic heterocycles. The summed E-state index contributed by atoms with van der Waals surface area (Å²) in [6.07, 6.45) is 0. The largest absolute Gasteiger partial charge is 0.507 e. The molecule has 36 heavy (non-hydrogen) atoms. The highest BCUT2D eigenvalue weighted by atomic mass is 16.5. The fraction of sp³-hybridized carbons (Fsp3) is 0.241. The molecule has 1 aliphatic heterocycles. The molecule has 0 bridgehead atoms. The van der Waals surface area contributed by atoms with Gasteiger partial charge >= 0.3 is 0 Å². The highest BCUT2D eigenvalue weighted by Gasteiger charge is 2.46. The number of nitrogens with zero attached hydrogens (tertiary/aromatic N) is 1. The van der Waals surface area contributed by atoms with E-state index in [0.29, 0.717) is 41.6 Å². The molecule has 7 heteroatoms. The molecular weight excluding hydrogens is 458 g/mol. The van der Waals surface area contributed by atoms with Gasteiger partial charge < -0.3 is 24.2 Å². The SMILES string of the molecule is CCOc1ccc(/C(O)=C2/C(=O)C(=O)N(Cc3ccc(OC)cc3)C2c2cccc(OCC)c2)cc1. The minimum absolute atomic E-state index is 0.0336. The van der Waals surface area contributed by atoms with E-state index < -0.39 is 17.7 Å². The van der Waals surface area contributed by atoms with Crippen molar-refractivity contribution in [2.75, 3.05) is 20.3 Å². The smallest absolute Gasteiger partial charge is 0.295 e. The minimum atomic E-state index is -0.793. The summed E-state index contributed by atoms with van der Waals surface area (Å²) in [7, 11) is 1.58. The number of carbonyl (C=O) groups is 2. The number of likely N-dealkylation sites (tertiary alicyclic amines) is 1. The topological polar surface area (TPSA) is 85.3 Å². The maximum Gasteiger partial charge on any atom is 0.295 e. The Bertz CT molecular complexity index is 1260. The molecule has 0 spiro atoms. The Morgan fingerprint density at radius 3 is 2.14 bits per heavy atom. The number of amides is 1. The number of aliphatic hydroxyl groups excluding tert-OH is 1. The third-order valence-electron chi connectivity index (χ3n) is 5.98. The van der Waals surface area contributed by atoms with Crippen LogP contribution in [0.5, 0.6) is 17.2 Å². The van der Waals surface area contributed by atoms with Gasteiger partial charge in [0.1, 0.15) is 23.0 Å². The van der Waals surface area contributed by atoms with Crippen molar-refractivity contribution in [2.24, 2.45) is 0 Å². The zero-order valence-electron chi connectivity index (χ0n) is 20.6. The molecule has 3 aromatic rings. The quantitative estimate of drug-likeness (QED) is 0.256. The molecular formula is C29H29NO6. The van der Waals surface area contributed by atoms with E-state index in [9.17, 15) is 14.7 Å². The number of aliphatic hydroxyl groups is 1. The monoisotopic (exact) mass is 487 g/mol. The molecule has 186 valence electrons. The third kappa shape index (κ3) is 5.05. The van der Waals surface area contributed by atoms with Crippen LogP contribution in [0.25, 0.3) is 5.76 Å². The van der Waals surface area contributed by atoms with Crippen LogP contribution in [0.1, 0.15) is 36.6 Å². The van der Waals surface area contributed by atoms with Crippen molar-refractivity contribution in [3.05, 3.63) is 95.1 Å². The average molecular weight is 488 g/mol. The highest BCUT2D eigenvalue weighted by Crippen LogP contribution is 2.41. The van der Waals surface area contributed by atoms with Crippen LogP contribution in [0.2, 0.25) is 0 Å². The van der Waals surface area contributed by atoms with Crippen LogP contribution < -0.4 is 14.2 Å². The summed E-state index contributed by atoms with van der Waals surface area (Å²) in [6.45, 7) is 4.93. The standard InChI is InChI=1S/C29H29NO6/c1-4-35-23-15-11-20(12-16-23)27(31)25-26(21-7-6-8-24(17-21)36-5-2)30(29(33)28(25)32)18-19-9-13-22(34-3)14-10-19/h6-17,26,31H,4-5,18H2,1-3H3/b27-25-. The van der Waals surface area contributed by atoms with Crippen molar-refractivity contribution >= 4 is 17.4 Å². The van der Waals surface area contributed by atoms with E-state index in [2.05, 4.69) is 0 Å². The average Bonchev–Trinajstić information content (AvgIpc) is 3.14. The maximum atomic E-state index is 13.3. The van der Waals surface area contributed by atoms with Gasteiger partial charge in [-0.15, -0.1) is 0 Å². The first-order chi connectivity index (χ1) is 17.5. The molecule has 0 aliphatic carbocycles. The molecule has 4 rings (SSSR count). The highest BCUT2D eigenvalue weighted by molar-refractivity contribution is 6.46. The Labute approximate surface area is 210 Å². The Balaban J connectivity index is 1.80. The van der Waals surface area contributed by atoms with E-state index in [-0.39, 0.29) is 17.9 Å². The minimum Gasteiger partial charge on any atom is -0.507 e. The van der Waals surface area contributed by atoms with Crippen LogP contribution >= 0.6 is 0 Å². The second-order valence-corrected chi connectivity index (χ2v) is 8.24. The van der Waals surface area contributed by atoms with Crippen LogP contribution in [0.3, 0.4) is 0 Å². The van der Waals surface area contributed by atoms with Crippen LogP contribution in [0, 0.1) is 0 Å². The molecule has 1 fully saturated rings. The summed E-state index contributed by atoms with van der Waals surface area (Å²) in [5.74, 6) is 0.311. The number of ether oxygens (including phenoxy) is 3. The lowest BCUT2D eigenvalue weighted by Gasteiger charge is -2.26. The number of carbonyl (C=O) groups excluding carboxylic acids is 2. The molecule has 1 heterocycles. The van der Waals surface area contributed by atoms with E-state index in [1.165, 1.54) is 4.90 Å². The summed E-state index contributed by atoms with van der Waals surface area (Å²) in [4.78, 5) is 28.0. The summed E-state index contributed by atoms with van der Waals surface area (Å²) in [5, 5.41) is 11.3. The van der Waals surface area contributed by atoms with Gasteiger partial charge in [-0.25, -0.2) is 0 Å². The van der Waals surface area contributed by atoms with E-state index >= 15 is 0 Å². The predicted molar refractivity (Wildman–Crippen MR) is 136 cm³/mol. The number of rotatable bonds is 9. The lowest BCUT2D eigenvalue weighted by molar-refractivity contribution is -0.140. The Hall–Kier alpha value is -4.26. The van der Waals surface area contributed by atoms with Gasteiger partial charge in [-0.05, 0) is 73.5 Å². The number of Topliss-reactive ketones (excluding diaryl/α,β-unsaturated/α-hetero) is 1. The van der Waals surface area contributed by atoms with Crippen molar-refractivity contribution in [2.45, 2.75) is 26.4 Å². The number of hydrogen-bond donors (Lipinski definition) is 1. The summed E-state index contributed by atoms with van der Waals surface area (Å²) in [5.41, 5.74) is 1.95. The maximum absolute atomic E-state index is 13.3. The van der Waals surface area contributed by atoms with E-state index in [0.717, 1.165) is 5.56 Å². The second kappa shape index (κ2) is 11.0. The van der Waals surface area contributed by atoms with E-state index in [1.54, 1.807) is 49.6 Å². The summed E-state index contributed by atoms with van der Waals surface area (Å²) >= 11 is 0. The fourth-order valence-electron chi connectivity index (χ4n) is 4.29. The molecule has 1 N–H and O–H groups in total. The molecule has 7 nitrogen and oxygen atoms in total. The number of methoxy groups -OCH3 is 1. The van der Waals surface area contributed by atoms with Gasteiger partial charge in [0.05, 0.1) is 31.9 Å². The molecule has 1 atom stereocenters. The number of hydrogen-bond acceptors (Lipinski definition) is 6. The lowest BCUT2D eigenvalue weighted by Crippen LogP contribution is -2.29. The second-order valence-electron chi connectivity index (χ2n) is 8.24. The van der Waals surface area contributed by atoms with Gasteiger partial charge in [-0.1, -0.05) is 24.3 Å². The van der Waals surface area contributed by atoms with Crippen LogP contribution in [-0.4, -0.2) is 42.0 Å². The Morgan fingerprint density at radius 2 is 1.50 bits per heavy atom. The van der Waals surface area contributed by atoms with Gasteiger partial charge in [0.25, 0.3) is 11.7 Å². The first-order valence-corrected chi connectivity index (χ1v) is 11.8. The van der Waals surface area contributed by atoms with Gasteiger partial charge in [-0.3, -0.25) is 9.59 Å². The fourth-order valence-corrected chi connectivity index (χ4v) is 4.29. The van der Waals surface area contributed by atoms with E-state index in [1.807, 2.05) is 44.2 Å². The van der Waals surface area contributed by atoms with E-state index in [4.69, 9.17) is 14.2 Å². The molecule has 1 aliphatic rings. The van der Waals surface area contributed by atoms with Gasteiger partial charge in [0.15, 0.2) is 0 Å². The van der Waals surface area contributed by atoms with Crippen molar-refractivity contribution in [3.63, 3.8) is 0 Å². The molecule has 1 amide bonds. The third-order valence-corrected chi connectivity index (χ3v) is 5.98. The van der Waals surface area contributed by atoms with Crippen molar-refractivity contribution in [1.29, 1.82) is 0 Å². The number of ketones is 1. The number of benzene rings is 3. The molecule has 1 unspecified atom stereocenters. The first-order valence-electron chi connectivity index (χ1n) is 11.8. The normalized spacial score (nSPS) is 16.8. The van der Waals surface area contributed by atoms with Crippen LogP contribution in [0.4, 0.5) is 0 Å². The van der Waals surface area contributed by atoms with Crippen molar-refractivity contribution < 1.29 is 28.9 Å². The van der Waals surface area contributed by atoms with Gasteiger partial charge in [0, 0.05) is 12.1 Å². The van der Waals surface area contributed by atoms with Gasteiger partial charge in [-0.2, -0.15) is 0 Å². The Kier molecular flexibility index (Phi) is 7.59. The first kappa shape index (κ1) is 24.9. The van der Waals surface area contributed by atoms with Crippen molar-refractivity contribution in [1.82, 2.24) is 4.90 Å². The zero-order chi connectivity index (χ0) is 25.7. The zero-order valence-corrected chi connectivity index (χ0v) is 20.6. The van der Waals surface area contributed by atoms with Crippen molar-refractivity contribution in [3.8, 4) is 17.2 Å². The lowest BCUT2D eigenvalue weighted by atomic mass is 9.95. The molecule has 0 saturated carbocycles. The summed E-state index contributed by atoms with van der Waals surface area (Å²) in [6, 6.07) is 20.5. The molecule has 1 saturated heterocycles.